The van der Waals surface area contributed by atoms with Gasteiger partial charge in [-0.3, -0.25) is 4.79 Å². The molecule has 0 spiro atoms. The number of likely N-dealkylation sites (tertiary alicyclic amines) is 1. The summed E-state index contributed by atoms with van der Waals surface area (Å²) in [7, 11) is 0. The molecule has 0 aromatic heterocycles. The summed E-state index contributed by atoms with van der Waals surface area (Å²) < 4.78 is 0. The maximum atomic E-state index is 11.4. The molecule has 1 heterocycles. The lowest BCUT2D eigenvalue weighted by Crippen LogP contribution is -2.50. The molecule has 0 radical (unpaired) electrons. The maximum absolute atomic E-state index is 11.4. The zero-order valence-electron chi connectivity index (χ0n) is 8.38. The van der Waals surface area contributed by atoms with Crippen molar-refractivity contribution in [1.29, 1.82) is 0 Å². The standard InChI is InChI=1S/C10H14BrNO2/c1-10(2)7-12(6-4-8(10)13)9(14)3-5-11/h8,13H,4,6-7H2,1-2H3. The van der Waals surface area contributed by atoms with Crippen molar-refractivity contribution < 1.29 is 9.90 Å². The smallest absolute Gasteiger partial charge is 0.299 e. The first-order chi connectivity index (χ1) is 6.47. The molecule has 1 saturated heterocycles. The van der Waals surface area contributed by atoms with E-state index in [0.717, 1.165) is 0 Å². The summed E-state index contributed by atoms with van der Waals surface area (Å²) in [6, 6.07) is 0. The summed E-state index contributed by atoms with van der Waals surface area (Å²) in [5.41, 5.74) is -0.234. The maximum Gasteiger partial charge on any atom is 0.299 e. The molecule has 0 aromatic rings. The SMILES string of the molecule is CC1(C)CN(C(=O)C#CBr)CCC1O. The van der Waals surface area contributed by atoms with Gasteiger partial charge in [-0.2, -0.15) is 0 Å². The number of hydrogen-bond donors (Lipinski definition) is 1. The Morgan fingerprint density at radius 2 is 2.29 bits per heavy atom. The molecule has 1 aliphatic heterocycles. The van der Waals surface area contributed by atoms with Crippen molar-refractivity contribution in [1.82, 2.24) is 4.90 Å². The van der Waals surface area contributed by atoms with E-state index in [-0.39, 0.29) is 17.4 Å². The van der Waals surface area contributed by atoms with Crippen molar-refractivity contribution in [3.63, 3.8) is 0 Å². The van der Waals surface area contributed by atoms with Crippen LogP contribution in [-0.4, -0.2) is 35.1 Å². The number of carbonyl (C=O) groups is 1. The van der Waals surface area contributed by atoms with Gasteiger partial charge in [0.2, 0.25) is 0 Å². The van der Waals surface area contributed by atoms with E-state index < -0.39 is 0 Å². The summed E-state index contributed by atoms with van der Waals surface area (Å²) in [6.07, 6.45) is 0.298. The van der Waals surface area contributed by atoms with Gasteiger partial charge in [-0.25, -0.2) is 0 Å². The van der Waals surface area contributed by atoms with E-state index in [1.807, 2.05) is 13.8 Å². The van der Waals surface area contributed by atoms with Crippen LogP contribution in [0.25, 0.3) is 0 Å². The molecule has 1 atom stereocenters. The summed E-state index contributed by atoms with van der Waals surface area (Å²) in [4.78, 5) is 15.5. The van der Waals surface area contributed by atoms with E-state index in [1.165, 1.54) is 0 Å². The van der Waals surface area contributed by atoms with Gasteiger partial charge >= 0.3 is 0 Å². The number of halogens is 1. The zero-order valence-corrected chi connectivity index (χ0v) is 9.97. The Morgan fingerprint density at radius 3 is 2.79 bits per heavy atom. The third-order valence-corrected chi connectivity index (χ3v) is 2.81. The summed E-state index contributed by atoms with van der Waals surface area (Å²) in [6.45, 7) is 5.07. The lowest BCUT2D eigenvalue weighted by atomic mass is 9.81. The van der Waals surface area contributed by atoms with Crippen molar-refractivity contribution >= 4 is 21.8 Å². The summed E-state index contributed by atoms with van der Waals surface area (Å²) in [5.74, 6) is 2.26. The Labute approximate surface area is 92.6 Å². The van der Waals surface area contributed by atoms with E-state index >= 15 is 0 Å². The average Bonchev–Trinajstić information content (AvgIpc) is 2.10. The molecule has 1 fully saturated rings. The van der Waals surface area contributed by atoms with Crippen LogP contribution in [0.5, 0.6) is 0 Å². The van der Waals surface area contributed by atoms with Crippen molar-refractivity contribution in [2.24, 2.45) is 5.41 Å². The molecular formula is C10H14BrNO2. The molecule has 0 aliphatic carbocycles. The van der Waals surface area contributed by atoms with Gasteiger partial charge < -0.3 is 10.0 Å². The van der Waals surface area contributed by atoms with Crippen LogP contribution in [0, 0.1) is 16.2 Å². The van der Waals surface area contributed by atoms with E-state index in [2.05, 4.69) is 26.7 Å². The van der Waals surface area contributed by atoms with Crippen molar-refractivity contribution in [2.75, 3.05) is 13.1 Å². The minimum Gasteiger partial charge on any atom is -0.392 e. The number of nitrogens with zero attached hydrogens (tertiary/aromatic N) is 1. The van der Waals surface area contributed by atoms with Gasteiger partial charge in [0, 0.05) is 40.4 Å². The Hall–Kier alpha value is -0.530. The molecule has 14 heavy (non-hydrogen) atoms. The molecular weight excluding hydrogens is 246 g/mol. The highest BCUT2D eigenvalue weighted by Crippen LogP contribution is 2.28. The van der Waals surface area contributed by atoms with Gasteiger partial charge in [-0.05, 0) is 11.3 Å². The number of amides is 1. The fourth-order valence-corrected chi connectivity index (χ4v) is 1.81. The second-order valence-corrected chi connectivity index (χ2v) is 4.64. The first kappa shape index (κ1) is 11.5. The van der Waals surface area contributed by atoms with Gasteiger partial charge in [-0.1, -0.05) is 13.8 Å². The predicted octanol–water partition coefficient (Wildman–Crippen LogP) is 0.962. The second-order valence-electron chi connectivity index (χ2n) is 4.24. The molecule has 0 bridgehead atoms. The number of hydrogen-bond acceptors (Lipinski definition) is 2. The number of aliphatic hydroxyl groups excluding tert-OH is 1. The lowest BCUT2D eigenvalue weighted by Gasteiger charge is -2.40. The van der Waals surface area contributed by atoms with Crippen LogP contribution >= 0.6 is 15.9 Å². The van der Waals surface area contributed by atoms with Crippen LogP contribution in [0.4, 0.5) is 0 Å². The van der Waals surface area contributed by atoms with Crippen LogP contribution in [-0.2, 0) is 4.79 Å². The number of carbonyl (C=O) groups excluding carboxylic acids is 1. The predicted molar refractivity (Wildman–Crippen MR) is 57.7 cm³/mol. The zero-order chi connectivity index (χ0) is 10.8. The molecule has 0 saturated carbocycles. The number of rotatable bonds is 0. The Balaban J connectivity index is 2.67. The molecule has 1 aliphatic rings. The lowest BCUT2D eigenvalue weighted by molar-refractivity contribution is -0.131. The normalized spacial score (nSPS) is 25.1. The number of aliphatic hydroxyl groups is 1. The third-order valence-electron chi connectivity index (χ3n) is 2.61. The van der Waals surface area contributed by atoms with Gasteiger partial charge in [0.15, 0.2) is 0 Å². The van der Waals surface area contributed by atoms with Crippen LogP contribution in [0.15, 0.2) is 0 Å². The third kappa shape index (κ3) is 2.49. The summed E-state index contributed by atoms with van der Waals surface area (Å²) >= 11 is 2.90. The molecule has 4 heteroatoms. The fraction of sp³-hybridized carbons (Fsp3) is 0.700. The van der Waals surface area contributed by atoms with Crippen LogP contribution in [0.3, 0.4) is 0 Å². The van der Waals surface area contributed by atoms with Crippen LogP contribution in [0.1, 0.15) is 20.3 Å². The van der Waals surface area contributed by atoms with Crippen molar-refractivity contribution in [3.05, 3.63) is 0 Å². The average molecular weight is 260 g/mol. The molecule has 3 nitrogen and oxygen atoms in total. The van der Waals surface area contributed by atoms with E-state index in [0.29, 0.717) is 19.5 Å². The Morgan fingerprint density at radius 1 is 1.64 bits per heavy atom. The fourth-order valence-electron chi connectivity index (χ4n) is 1.64. The van der Waals surface area contributed by atoms with Crippen molar-refractivity contribution in [2.45, 2.75) is 26.4 Å². The first-order valence-electron chi connectivity index (χ1n) is 4.56. The highest BCUT2D eigenvalue weighted by molar-refractivity contribution is 9.12. The van der Waals surface area contributed by atoms with Crippen LogP contribution in [0.2, 0.25) is 0 Å². The second kappa shape index (κ2) is 4.33. The minimum absolute atomic E-state index is 0.179. The number of piperidine rings is 1. The summed E-state index contributed by atoms with van der Waals surface area (Å²) in [5, 5.41) is 9.68. The first-order valence-corrected chi connectivity index (χ1v) is 5.35. The molecule has 1 rings (SSSR count). The van der Waals surface area contributed by atoms with Gasteiger partial charge in [-0.15, -0.1) is 0 Å². The van der Waals surface area contributed by atoms with Gasteiger partial charge in [0.05, 0.1) is 6.10 Å². The Bertz CT molecular complexity index is 290. The molecule has 78 valence electrons. The monoisotopic (exact) mass is 259 g/mol. The highest BCUT2D eigenvalue weighted by atomic mass is 79.9. The highest BCUT2D eigenvalue weighted by Gasteiger charge is 2.35. The van der Waals surface area contributed by atoms with Crippen molar-refractivity contribution in [3.8, 4) is 10.8 Å². The van der Waals surface area contributed by atoms with Crippen LogP contribution < -0.4 is 0 Å². The van der Waals surface area contributed by atoms with Gasteiger partial charge in [0.25, 0.3) is 5.91 Å². The van der Waals surface area contributed by atoms with E-state index in [9.17, 15) is 9.90 Å². The largest absolute Gasteiger partial charge is 0.392 e. The van der Waals surface area contributed by atoms with Gasteiger partial charge in [0.1, 0.15) is 0 Å². The topological polar surface area (TPSA) is 40.5 Å². The molecule has 1 amide bonds. The molecule has 1 unspecified atom stereocenters. The Kier molecular flexibility index (Phi) is 3.57. The van der Waals surface area contributed by atoms with E-state index in [1.54, 1.807) is 4.90 Å². The quantitative estimate of drug-likeness (QED) is 0.659. The minimum atomic E-state index is -0.330. The molecule has 0 aromatic carbocycles. The van der Waals surface area contributed by atoms with E-state index in [4.69, 9.17) is 0 Å². The molecule has 1 N–H and O–H groups in total.